The average Bonchev–Trinajstić information content (AvgIpc) is 2.81. The predicted molar refractivity (Wildman–Crippen MR) is 137 cm³/mol. The van der Waals surface area contributed by atoms with E-state index < -0.39 is 47.1 Å². The zero-order chi connectivity index (χ0) is 28.9. The van der Waals surface area contributed by atoms with Gasteiger partial charge < -0.3 is 19.5 Å². The van der Waals surface area contributed by atoms with Gasteiger partial charge in [0.25, 0.3) is 0 Å². The van der Waals surface area contributed by atoms with Crippen molar-refractivity contribution in [3.8, 4) is 0 Å². The van der Waals surface area contributed by atoms with E-state index in [-0.39, 0.29) is 32.3 Å². The summed E-state index contributed by atoms with van der Waals surface area (Å²) in [6.07, 6.45) is -0.278. The number of nitrogens with one attached hydrogen (secondary N) is 1. The Bertz CT molecular complexity index is 936. The van der Waals surface area contributed by atoms with E-state index in [2.05, 4.69) is 5.32 Å². The molecule has 0 unspecified atom stereocenters. The molecule has 1 rings (SSSR count). The topological polar surface area (TPSA) is 138 Å². The van der Waals surface area contributed by atoms with Gasteiger partial charge in [-0.15, -0.1) is 0 Å². The normalized spacial score (nSPS) is 13.0. The fraction of sp³-hybridized carbons (Fsp3) is 0.593. The van der Waals surface area contributed by atoms with E-state index in [1.54, 1.807) is 65.8 Å². The van der Waals surface area contributed by atoms with E-state index in [9.17, 15) is 24.0 Å². The Morgan fingerprint density at radius 3 is 1.89 bits per heavy atom. The molecule has 0 aromatic heterocycles. The molecule has 1 aromatic rings. The SMILES string of the molecule is COC(=O)[C@H](CCC(=O)OC(C)(C)C)NC(=O)[C@H](CCC(=O)OC(C)(C)C)N(C=O)OCc1ccccc1. The fourth-order valence-electron chi connectivity index (χ4n) is 3.25. The summed E-state index contributed by atoms with van der Waals surface area (Å²) in [5.74, 6) is -2.68. The molecule has 212 valence electrons. The molecule has 11 nitrogen and oxygen atoms in total. The highest BCUT2D eigenvalue weighted by atomic mass is 16.7. The first-order valence-electron chi connectivity index (χ1n) is 12.4. The van der Waals surface area contributed by atoms with E-state index in [4.69, 9.17) is 19.0 Å². The summed E-state index contributed by atoms with van der Waals surface area (Å²) in [4.78, 5) is 67.6. The molecule has 1 aromatic carbocycles. The van der Waals surface area contributed by atoms with Crippen molar-refractivity contribution in [2.24, 2.45) is 0 Å². The van der Waals surface area contributed by atoms with E-state index in [0.29, 0.717) is 6.41 Å². The first-order chi connectivity index (χ1) is 17.6. The third kappa shape index (κ3) is 13.2. The van der Waals surface area contributed by atoms with Crippen LogP contribution in [0.4, 0.5) is 0 Å². The summed E-state index contributed by atoms with van der Waals surface area (Å²) >= 11 is 0. The minimum Gasteiger partial charge on any atom is -0.467 e. The molecule has 0 fully saturated rings. The van der Waals surface area contributed by atoms with Gasteiger partial charge in [-0.1, -0.05) is 30.3 Å². The number of nitrogens with zero attached hydrogens (tertiary/aromatic N) is 1. The van der Waals surface area contributed by atoms with Gasteiger partial charge in [0.15, 0.2) is 0 Å². The zero-order valence-corrected chi connectivity index (χ0v) is 23.3. The first-order valence-corrected chi connectivity index (χ1v) is 12.4. The maximum absolute atomic E-state index is 13.3. The molecule has 0 spiro atoms. The highest BCUT2D eigenvalue weighted by Gasteiger charge is 2.32. The van der Waals surface area contributed by atoms with Crippen molar-refractivity contribution in [1.29, 1.82) is 0 Å². The molecule has 0 radical (unpaired) electrons. The molecule has 0 heterocycles. The largest absolute Gasteiger partial charge is 0.467 e. The smallest absolute Gasteiger partial charge is 0.328 e. The number of carbonyl (C=O) groups is 5. The number of hydrogen-bond acceptors (Lipinski definition) is 9. The van der Waals surface area contributed by atoms with E-state index >= 15 is 0 Å². The quantitative estimate of drug-likeness (QED) is 0.165. The lowest BCUT2D eigenvalue weighted by atomic mass is 10.1. The molecule has 0 saturated carbocycles. The van der Waals surface area contributed by atoms with Crippen molar-refractivity contribution in [3.05, 3.63) is 35.9 Å². The van der Waals surface area contributed by atoms with Crippen LogP contribution in [0.15, 0.2) is 30.3 Å². The second kappa shape index (κ2) is 15.1. The van der Waals surface area contributed by atoms with Crippen LogP contribution in [0.2, 0.25) is 0 Å². The Hall–Kier alpha value is -3.47. The van der Waals surface area contributed by atoms with Crippen molar-refractivity contribution in [2.75, 3.05) is 7.11 Å². The Kier molecular flexibility index (Phi) is 12.9. The van der Waals surface area contributed by atoms with Crippen LogP contribution in [0.5, 0.6) is 0 Å². The summed E-state index contributed by atoms with van der Waals surface area (Å²) < 4.78 is 15.3. The minimum absolute atomic E-state index is 0.0190. The second-order valence-corrected chi connectivity index (χ2v) is 10.6. The highest BCUT2D eigenvalue weighted by molar-refractivity contribution is 5.89. The maximum atomic E-state index is 13.3. The van der Waals surface area contributed by atoms with Crippen molar-refractivity contribution in [2.45, 2.75) is 97.1 Å². The lowest BCUT2D eigenvalue weighted by molar-refractivity contribution is -0.197. The van der Waals surface area contributed by atoms with Gasteiger partial charge in [0.1, 0.15) is 29.9 Å². The number of hydrogen-bond donors (Lipinski definition) is 1. The van der Waals surface area contributed by atoms with Gasteiger partial charge >= 0.3 is 17.9 Å². The minimum atomic E-state index is -1.28. The molecule has 0 aliphatic heterocycles. The maximum Gasteiger partial charge on any atom is 0.328 e. The number of benzene rings is 1. The Labute approximate surface area is 224 Å². The molecule has 0 saturated heterocycles. The van der Waals surface area contributed by atoms with Crippen LogP contribution < -0.4 is 5.32 Å². The van der Waals surface area contributed by atoms with Crippen molar-refractivity contribution in [1.82, 2.24) is 10.4 Å². The zero-order valence-electron chi connectivity index (χ0n) is 23.3. The van der Waals surface area contributed by atoms with Crippen LogP contribution in [-0.4, -0.2) is 65.7 Å². The predicted octanol–water partition coefficient (Wildman–Crippen LogP) is 2.85. The van der Waals surface area contributed by atoms with Crippen LogP contribution in [0.3, 0.4) is 0 Å². The summed E-state index contributed by atoms with van der Waals surface area (Å²) in [5, 5.41) is 3.32. The number of methoxy groups -OCH3 is 1. The van der Waals surface area contributed by atoms with Crippen molar-refractivity contribution >= 4 is 30.2 Å². The number of amides is 2. The lowest BCUT2D eigenvalue weighted by Crippen LogP contribution is -2.52. The van der Waals surface area contributed by atoms with E-state index in [1.165, 1.54) is 0 Å². The van der Waals surface area contributed by atoms with Crippen LogP contribution in [-0.2, 0) is 49.6 Å². The van der Waals surface area contributed by atoms with Crippen LogP contribution in [0.1, 0.15) is 72.8 Å². The summed E-state index contributed by atoms with van der Waals surface area (Å²) in [7, 11) is 1.15. The van der Waals surface area contributed by atoms with E-state index in [1.807, 2.05) is 6.07 Å². The number of esters is 3. The molecule has 11 heteroatoms. The molecule has 0 aliphatic rings. The molecule has 0 bridgehead atoms. The Balaban J connectivity index is 3.04. The number of ether oxygens (including phenoxy) is 3. The van der Waals surface area contributed by atoms with Gasteiger partial charge in [-0.05, 0) is 59.9 Å². The second-order valence-electron chi connectivity index (χ2n) is 10.6. The number of hydroxylamine groups is 2. The monoisotopic (exact) mass is 536 g/mol. The average molecular weight is 537 g/mol. The molecule has 2 atom stereocenters. The van der Waals surface area contributed by atoms with Crippen molar-refractivity contribution in [3.63, 3.8) is 0 Å². The standard InChI is InChI=1S/C27H40N2O9/c1-26(2,3)37-22(31)15-13-20(25(34)35-7)28-24(33)21(14-16-23(32)38-27(4,5)6)29(18-30)36-17-19-11-9-8-10-12-19/h8-12,18,20-21H,13-17H2,1-7H3,(H,28,33)/t20-,21-/m0/s1. The lowest BCUT2D eigenvalue weighted by Gasteiger charge is -2.28. The van der Waals surface area contributed by atoms with E-state index in [0.717, 1.165) is 17.7 Å². The number of carbonyl (C=O) groups excluding carboxylic acids is 5. The molecule has 1 N–H and O–H groups in total. The van der Waals surface area contributed by atoms with Crippen LogP contribution >= 0.6 is 0 Å². The van der Waals surface area contributed by atoms with Gasteiger partial charge in [0.2, 0.25) is 12.3 Å². The van der Waals surface area contributed by atoms with Gasteiger partial charge in [-0.2, -0.15) is 0 Å². The highest BCUT2D eigenvalue weighted by Crippen LogP contribution is 2.15. The fourth-order valence-corrected chi connectivity index (χ4v) is 3.25. The van der Waals surface area contributed by atoms with Gasteiger partial charge in [-0.3, -0.25) is 24.0 Å². The Morgan fingerprint density at radius 2 is 1.42 bits per heavy atom. The molecular weight excluding hydrogens is 496 g/mol. The third-order valence-electron chi connectivity index (χ3n) is 4.84. The summed E-state index contributed by atoms with van der Waals surface area (Å²) in [6, 6.07) is 6.49. The molecule has 38 heavy (non-hydrogen) atoms. The van der Waals surface area contributed by atoms with Gasteiger partial charge in [-0.25, -0.2) is 9.86 Å². The van der Waals surface area contributed by atoms with Crippen molar-refractivity contribution < 1.29 is 43.0 Å². The third-order valence-corrected chi connectivity index (χ3v) is 4.84. The number of rotatable bonds is 14. The Morgan fingerprint density at radius 1 is 0.895 bits per heavy atom. The van der Waals surface area contributed by atoms with Crippen LogP contribution in [0, 0.1) is 0 Å². The van der Waals surface area contributed by atoms with Crippen LogP contribution in [0.25, 0.3) is 0 Å². The van der Waals surface area contributed by atoms with Gasteiger partial charge in [0, 0.05) is 12.8 Å². The summed E-state index contributed by atoms with van der Waals surface area (Å²) in [6.45, 7) is 10.2. The van der Waals surface area contributed by atoms with Gasteiger partial charge in [0.05, 0.1) is 7.11 Å². The summed E-state index contributed by atoms with van der Waals surface area (Å²) in [5.41, 5.74) is -0.704. The molecule has 0 aliphatic carbocycles. The first kappa shape index (κ1) is 32.6. The molecular formula is C27H40N2O9. The molecule has 2 amide bonds.